The van der Waals surface area contributed by atoms with Gasteiger partial charge >= 0.3 is 6.09 Å². The van der Waals surface area contributed by atoms with Gasteiger partial charge < -0.3 is 20.3 Å². The summed E-state index contributed by atoms with van der Waals surface area (Å²) in [7, 11) is 0. The van der Waals surface area contributed by atoms with E-state index in [2.05, 4.69) is 5.32 Å². The Balaban J connectivity index is 2.98. The summed E-state index contributed by atoms with van der Waals surface area (Å²) in [4.78, 5) is 11.9. The minimum Gasteiger partial charge on any atom is -0.491 e. The lowest BCUT2D eigenvalue weighted by Gasteiger charge is -2.21. The van der Waals surface area contributed by atoms with Crippen LogP contribution in [0.15, 0.2) is 18.2 Å². The largest absolute Gasteiger partial charge is 0.491 e. The number of alkyl carbamates (subject to hydrolysis) is 1. The second kappa shape index (κ2) is 9.24. The second-order valence-corrected chi connectivity index (χ2v) is 6.25. The molecule has 1 aromatic carbocycles. The summed E-state index contributed by atoms with van der Waals surface area (Å²) in [5.41, 5.74) is 6.26. The molecule has 7 nitrogen and oxygen atoms in total. The summed E-state index contributed by atoms with van der Waals surface area (Å²) >= 11 is 0. The first-order valence-electron chi connectivity index (χ1n) is 7.93. The van der Waals surface area contributed by atoms with E-state index >= 15 is 0 Å². The van der Waals surface area contributed by atoms with E-state index < -0.39 is 11.7 Å². The maximum absolute atomic E-state index is 11.9. The van der Waals surface area contributed by atoms with Crippen LogP contribution in [0, 0.1) is 5.41 Å². The molecule has 0 radical (unpaired) electrons. The van der Waals surface area contributed by atoms with Gasteiger partial charge in [0.15, 0.2) is 0 Å². The number of rotatable bonds is 7. The molecule has 0 spiro atoms. The lowest BCUT2D eigenvalue weighted by atomic mass is 10.0. The number of ether oxygens (including phenoxy) is 2. The third-order valence-corrected chi connectivity index (χ3v) is 3.01. The van der Waals surface area contributed by atoms with Crippen LogP contribution in [0.3, 0.4) is 0 Å². The molecule has 0 atom stereocenters. The zero-order valence-electron chi connectivity index (χ0n) is 14.5. The normalized spacial score (nSPS) is 11.0. The Hall–Kier alpha value is -2.12. The van der Waals surface area contributed by atoms with Crippen molar-refractivity contribution in [2.24, 2.45) is 5.73 Å². The van der Waals surface area contributed by atoms with Crippen LogP contribution in [0.5, 0.6) is 5.75 Å². The summed E-state index contributed by atoms with van der Waals surface area (Å²) in [5.74, 6) is 0.511. The van der Waals surface area contributed by atoms with Crippen LogP contribution in [0.2, 0.25) is 0 Å². The monoisotopic (exact) mass is 337 g/mol. The van der Waals surface area contributed by atoms with Crippen molar-refractivity contribution in [2.75, 3.05) is 19.8 Å². The van der Waals surface area contributed by atoms with Crippen LogP contribution in [0.25, 0.3) is 0 Å². The number of benzene rings is 1. The highest BCUT2D eigenvalue weighted by Crippen LogP contribution is 2.24. The molecule has 24 heavy (non-hydrogen) atoms. The SMILES string of the molecule is CC(C)(C)OC(=O)NC(=N)c1cccc(OCCO)c1CCCN. The van der Waals surface area contributed by atoms with Gasteiger partial charge in [0.05, 0.1) is 6.61 Å². The minimum absolute atomic E-state index is 0.0641. The van der Waals surface area contributed by atoms with Crippen molar-refractivity contribution in [2.45, 2.75) is 39.2 Å². The molecule has 0 saturated heterocycles. The highest BCUT2D eigenvalue weighted by molar-refractivity contribution is 6.05. The minimum atomic E-state index is -0.682. The lowest BCUT2D eigenvalue weighted by molar-refractivity contribution is 0.0563. The Morgan fingerprint density at radius 3 is 2.67 bits per heavy atom. The van der Waals surface area contributed by atoms with Crippen molar-refractivity contribution in [3.63, 3.8) is 0 Å². The fraction of sp³-hybridized carbons (Fsp3) is 0.529. The fourth-order valence-electron chi connectivity index (χ4n) is 2.10. The first-order chi connectivity index (χ1) is 11.3. The van der Waals surface area contributed by atoms with Crippen molar-refractivity contribution < 1.29 is 19.4 Å². The maximum Gasteiger partial charge on any atom is 0.413 e. The van der Waals surface area contributed by atoms with Crippen LogP contribution in [-0.4, -0.2) is 42.4 Å². The van der Waals surface area contributed by atoms with Gasteiger partial charge in [-0.25, -0.2) is 4.79 Å². The topological polar surface area (TPSA) is 118 Å². The third kappa shape index (κ3) is 6.55. The van der Waals surface area contributed by atoms with E-state index in [4.69, 9.17) is 25.7 Å². The number of aliphatic hydroxyl groups is 1. The summed E-state index contributed by atoms with van der Waals surface area (Å²) in [6.07, 6.45) is 0.636. The third-order valence-electron chi connectivity index (χ3n) is 3.01. The van der Waals surface area contributed by atoms with E-state index in [-0.39, 0.29) is 19.0 Å². The molecule has 0 unspecified atom stereocenters. The van der Waals surface area contributed by atoms with E-state index in [9.17, 15) is 4.79 Å². The number of hydrogen-bond donors (Lipinski definition) is 4. The van der Waals surface area contributed by atoms with Gasteiger partial charge in [0.25, 0.3) is 0 Å². The standard InChI is InChI=1S/C17H27N3O4/c1-17(2,3)24-16(22)20-15(19)13-6-4-8-14(23-11-10-21)12(13)7-5-9-18/h4,6,8,21H,5,7,9-11,18H2,1-3H3,(H2,19,20,22). The predicted molar refractivity (Wildman–Crippen MR) is 92.6 cm³/mol. The van der Waals surface area contributed by atoms with E-state index in [0.717, 1.165) is 5.56 Å². The molecule has 0 aliphatic carbocycles. The van der Waals surface area contributed by atoms with Gasteiger partial charge in [-0.3, -0.25) is 10.7 Å². The summed E-state index contributed by atoms with van der Waals surface area (Å²) in [6.45, 7) is 5.82. The molecule has 0 fully saturated rings. The number of amides is 1. The molecule has 5 N–H and O–H groups in total. The lowest BCUT2D eigenvalue weighted by Crippen LogP contribution is -2.36. The van der Waals surface area contributed by atoms with Crippen molar-refractivity contribution in [1.29, 1.82) is 5.41 Å². The second-order valence-electron chi connectivity index (χ2n) is 6.25. The van der Waals surface area contributed by atoms with Crippen molar-refractivity contribution in [1.82, 2.24) is 5.32 Å². The molecule has 1 rings (SSSR count). The van der Waals surface area contributed by atoms with Gasteiger partial charge in [-0.2, -0.15) is 0 Å². The van der Waals surface area contributed by atoms with Crippen LogP contribution >= 0.6 is 0 Å². The van der Waals surface area contributed by atoms with Crippen molar-refractivity contribution >= 4 is 11.9 Å². The number of amidine groups is 1. The average molecular weight is 337 g/mol. The summed E-state index contributed by atoms with van der Waals surface area (Å²) < 4.78 is 10.7. The average Bonchev–Trinajstić information content (AvgIpc) is 2.48. The first kappa shape index (κ1) is 19.9. The Kier molecular flexibility index (Phi) is 7.67. The Morgan fingerprint density at radius 1 is 1.38 bits per heavy atom. The number of nitrogens with one attached hydrogen (secondary N) is 2. The molecule has 7 heteroatoms. The number of aliphatic hydroxyl groups excluding tert-OH is 1. The molecule has 0 aliphatic rings. The quantitative estimate of drug-likeness (QED) is 0.447. The van der Waals surface area contributed by atoms with Crippen LogP contribution in [0.4, 0.5) is 4.79 Å². The number of hydrogen-bond acceptors (Lipinski definition) is 6. The number of carbonyl (C=O) groups is 1. The highest BCUT2D eigenvalue weighted by Gasteiger charge is 2.19. The van der Waals surface area contributed by atoms with E-state index in [0.29, 0.717) is 30.7 Å². The molecular formula is C17H27N3O4. The van der Waals surface area contributed by atoms with Crippen LogP contribution in [-0.2, 0) is 11.2 Å². The maximum atomic E-state index is 11.9. The smallest absolute Gasteiger partial charge is 0.413 e. The van der Waals surface area contributed by atoms with Crippen LogP contribution < -0.4 is 15.8 Å². The van der Waals surface area contributed by atoms with Gasteiger partial charge in [-0.15, -0.1) is 0 Å². The molecule has 134 valence electrons. The summed E-state index contributed by atoms with van der Waals surface area (Å²) in [6, 6.07) is 5.24. The van der Waals surface area contributed by atoms with Gasteiger partial charge in [0.2, 0.25) is 0 Å². The Labute approximate surface area is 142 Å². The zero-order chi connectivity index (χ0) is 18.2. The predicted octanol–water partition coefficient (Wildman–Crippen LogP) is 1.80. The van der Waals surface area contributed by atoms with E-state index in [1.54, 1.807) is 39.0 Å². The van der Waals surface area contributed by atoms with Crippen molar-refractivity contribution in [3.05, 3.63) is 29.3 Å². The fourth-order valence-corrected chi connectivity index (χ4v) is 2.10. The highest BCUT2D eigenvalue weighted by atomic mass is 16.6. The molecule has 0 saturated carbocycles. The van der Waals surface area contributed by atoms with Gasteiger partial charge in [0.1, 0.15) is 23.8 Å². The number of carbonyl (C=O) groups excluding carboxylic acids is 1. The van der Waals surface area contributed by atoms with E-state index in [1.807, 2.05) is 0 Å². The van der Waals surface area contributed by atoms with E-state index in [1.165, 1.54) is 0 Å². The molecule has 0 heterocycles. The van der Waals surface area contributed by atoms with Gasteiger partial charge in [-0.05, 0) is 46.2 Å². The zero-order valence-corrected chi connectivity index (χ0v) is 14.5. The van der Waals surface area contributed by atoms with Gasteiger partial charge in [-0.1, -0.05) is 12.1 Å². The molecule has 0 aliphatic heterocycles. The number of nitrogens with two attached hydrogens (primary N) is 1. The van der Waals surface area contributed by atoms with Crippen molar-refractivity contribution in [3.8, 4) is 5.75 Å². The Bertz CT molecular complexity index is 567. The molecule has 1 aromatic rings. The Morgan fingerprint density at radius 2 is 2.08 bits per heavy atom. The first-order valence-corrected chi connectivity index (χ1v) is 7.93. The molecule has 0 bridgehead atoms. The van der Waals surface area contributed by atoms with Crippen LogP contribution in [0.1, 0.15) is 38.3 Å². The summed E-state index contributed by atoms with van der Waals surface area (Å²) in [5, 5.41) is 19.5. The molecule has 1 amide bonds. The molecule has 0 aromatic heterocycles. The van der Waals surface area contributed by atoms with Gasteiger partial charge in [0, 0.05) is 11.1 Å². The molecular weight excluding hydrogens is 310 g/mol.